The quantitative estimate of drug-likeness (QED) is 0.652. The number of hydrogen-bond acceptors (Lipinski definition) is 2. The van der Waals surface area contributed by atoms with Crippen LogP contribution in [0.4, 0.5) is 0 Å². The van der Waals surface area contributed by atoms with Crippen LogP contribution >= 0.6 is 11.6 Å². The van der Waals surface area contributed by atoms with E-state index in [0.29, 0.717) is 25.0 Å². The monoisotopic (exact) mass is 284 g/mol. The normalized spacial score (nSPS) is 14.3. The zero-order valence-electron chi connectivity index (χ0n) is 12.6. The topological polar surface area (TPSA) is 18.5 Å². The van der Waals surface area contributed by atoms with Crippen LogP contribution in [0, 0.1) is 11.8 Å². The highest BCUT2D eigenvalue weighted by Gasteiger charge is 2.21. The van der Waals surface area contributed by atoms with E-state index in [9.17, 15) is 0 Å². The van der Waals surface area contributed by atoms with Gasteiger partial charge in [0, 0.05) is 0 Å². The van der Waals surface area contributed by atoms with Gasteiger partial charge in [-0.25, -0.2) is 0 Å². The molecule has 1 aromatic carbocycles. The minimum atomic E-state index is -0.00474. The van der Waals surface area contributed by atoms with Crippen LogP contribution in [0.2, 0.25) is 0 Å². The lowest BCUT2D eigenvalue weighted by molar-refractivity contribution is 0.287. The maximum atomic E-state index is 6.56. The van der Waals surface area contributed by atoms with Crippen molar-refractivity contribution in [2.75, 3.05) is 13.2 Å². The van der Waals surface area contributed by atoms with Gasteiger partial charge in [-0.15, -0.1) is 11.6 Å². The molecule has 1 aromatic rings. The zero-order chi connectivity index (χ0) is 14.4. The Labute approximate surface area is 122 Å². The predicted molar refractivity (Wildman–Crippen MR) is 81.4 cm³/mol. The van der Waals surface area contributed by atoms with Crippen molar-refractivity contribution < 1.29 is 9.47 Å². The van der Waals surface area contributed by atoms with Gasteiger partial charge >= 0.3 is 0 Å². The van der Waals surface area contributed by atoms with Crippen molar-refractivity contribution in [1.29, 1.82) is 0 Å². The fraction of sp³-hybridized carbons (Fsp3) is 0.625. The van der Waals surface area contributed by atoms with Gasteiger partial charge in [0.05, 0.1) is 18.6 Å². The van der Waals surface area contributed by atoms with Gasteiger partial charge in [-0.05, 0) is 43.4 Å². The second-order valence-electron chi connectivity index (χ2n) is 5.08. The van der Waals surface area contributed by atoms with Gasteiger partial charge in [-0.2, -0.15) is 0 Å². The Morgan fingerprint density at radius 2 is 1.58 bits per heavy atom. The summed E-state index contributed by atoms with van der Waals surface area (Å²) < 4.78 is 11.2. The van der Waals surface area contributed by atoms with E-state index >= 15 is 0 Å². The van der Waals surface area contributed by atoms with Gasteiger partial charge in [-0.3, -0.25) is 0 Å². The average Bonchev–Trinajstić information content (AvgIpc) is 2.39. The molecule has 0 aliphatic rings. The van der Waals surface area contributed by atoms with E-state index in [4.69, 9.17) is 21.1 Å². The molecular weight excluding hydrogens is 260 g/mol. The summed E-state index contributed by atoms with van der Waals surface area (Å²) in [5.41, 5.74) is 1.09. The smallest absolute Gasteiger partial charge is 0.161 e. The molecule has 2 unspecified atom stereocenters. The van der Waals surface area contributed by atoms with Crippen molar-refractivity contribution in [3.8, 4) is 11.5 Å². The molecule has 0 amide bonds. The Morgan fingerprint density at radius 3 is 2.11 bits per heavy atom. The summed E-state index contributed by atoms with van der Waals surface area (Å²) in [5, 5.41) is -0.00474. The van der Waals surface area contributed by atoms with Gasteiger partial charge in [0.25, 0.3) is 0 Å². The third-order valence-corrected chi connectivity index (χ3v) is 4.05. The molecule has 0 radical (unpaired) electrons. The molecule has 19 heavy (non-hydrogen) atoms. The van der Waals surface area contributed by atoms with Crippen LogP contribution in [0.1, 0.15) is 45.6 Å². The zero-order valence-corrected chi connectivity index (χ0v) is 13.3. The van der Waals surface area contributed by atoms with Gasteiger partial charge < -0.3 is 9.47 Å². The average molecular weight is 285 g/mol. The molecule has 0 bridgehead atoms. The molecule has 0 N–H and O–H groups in total. The van der Waals surface area contributed by atoms with E-state index in [1.54, 1.807) is 0 Å². The van der Waals surface area contributed by atoms with Gasteiger partial charge in [0.2, 0.25) is 0 Å². The van der Waals surface area contributed by atoms with Crippen molar-refractivity contribution in [3.05, 3.63) is 23.8 Å². The highest BCUT2D eigenvalue weighted by atomic mass is 35.5. The largest absolute Gasteiger partial charge is 0.490 e. The number of halogens is 1. The van der Waals surface area contributed by atoms with E-state index in [2.05, 4.69) is 20.8 Å². The molecule has 0 saturated heterocycles. The molecule has 0 heterocycles. The third kappa shape index (κ3) is 4.31. The van der Waals surface area contributed by atoms with E-state index in [-0.39, 0.29) is 5.38 Å². The second kappa shape index (κ2) is 7.64. The lowest BCUT2D eigenvalue weighted by atomic mass is 9.90. The number of benzene rings is 1. The van der Waals surface area contributed by atoms with E-state index in [0.717, 1.165) is 17.1 Å². The van der Waals surface area contributed by atoms with Gasteiger partial charge in [0.15, 0.2) is 11.5 Å². The van der Waals surface area contributed by atoms with E-state index in [1.807, 2.05) is 32.0 Å². The number of rotatable bonds is 7. The minimum Gasteiger partial charge on any atom is -0.490 e. The number of ether oxygens (including phenoxy) is 2. The SMILES string of the molecule is CCOc1ccc(C(Cl)C(C)C(C)C)cc1OCC. The lowest BCUT2D eigenvalue weighted by Crippen LogP contribution is -2.11. The minimum absolute atomic E-state index is 0.00474. The molecule has 0 aromatic heterocycles. The summed E-state index contributed by atoms with van der Waals surface area (Å²) in [6.45, 7) is 11.8. The van der Waals surface area contributed by atoms with E-state index in [1.165, 1.54) is 0 Å². The Balaban J connectivity index is 3.00. The molecule has 0 aliphatic heterocycles. The second-order valence-corrected chi connectivity index (χ2v) is 5.55. The van der Waals surface area contributed by atoms with Crippen molar-refractivity contribution >= 4 is 11.6 Å². The maximum Gasteiger partial charge on any atom is 0.161 e. The predicted octanol–water partition coefficient (Wildman–Crippen LogP) is 5.06. The standard InChI is InChI=1S/C16H25ClO2/c1-6-18-14-9-8-13(10-15(14)19-7-2)16(17)12(5)11(3)4/h8-12,16H,6-7H2,1-5H3. The molecule has 3 heteroatoms. The summed E-state index contributed by atoms with van der Waals surface area (Å²) >= 11 is 6.56. The molecule has 2 atom stereocenters. The van der Waals surface area contributed by atoms with Crippen LogP contribution < -0.4 is 9.47 Å². The van der Waals surface area contributed by atoms with Crippen LogP contribution in [-0.4, -0.2) is 13.2 Å². The van der Waals surface area contributed by atoms with Crippen LogP contribution in [-0.2, 0) is 0 Å². The summed E-state index contributed by atoms with van der Waals surface area (Å²) in [6, 6.07) is 5.99. The number of alkyl halides is 1. The third-order valence-electron chi connectivity index (χ3n) is 3.40. The summed E-state index contributed by atoms with van der Waals surface area (Å²) in [4.78, 5) is 0. The van der Waals surface area contributed by atoms with Crippen LogP contribution in [0.3, 0.4) is 0 Å². The lowest BCUT2D eigenvalue weighted by Gasteiger charge is -2.23. The molecule has 0 fully saturated rings. The highest BCUT2D eigenvalue weighted by Crippen LogP contribution is 2.38. The fourth-order valence-corrected chi connectivity index (χ4v) is 2.31. The van der Waals surface area contributed by atoms with Crippen LogP contribution in [0.25, 0.3) is 0 Å². The first kappa shape index (κ1) is 16.2. The maximum absolute atomic E-state index is 6.56. The molecule has 0 spiro atoms. The van der Waals surface area contributed by atoms with Crippen molar-refractivity contribution in [1.82, 2.24) is 0 Å². The molecule has 0 saturated carbocycles. The number of hydrogen-bond donors (Lipinski definition) is 0. The summed E-state index contributed by atoms with van der Waals surface area (Å²) in [7, 11) is 0. The Morgan fingerprint density at radius 1 is 1.00 bits per heavy atom. The Hall–Kier alpha value is -0.890. The first-order valence-electron chi connectivity index (χ1n) is 7.04. The van der Waals surface area contributed by atoms with Gasteiger partial charge in [-0.1, -0.05) is 26.8 Å². The Bertz CT molecular complexity index is 390. The Kier molecular flexibility index (Phi) is 6.50. The molecular formula is C16H25ClO2. The fourth-order valence-electron chi connectivity index (χ4n) is 1.88. The van der Waals surface area contributed by atoms with Gasteiger partial charge in [0.1, 0.15) is 0 Å². The van der Waals surface area contributed by atoms with Crippen molar-refractivity contribution in [2.45, 2.75) is 40.0 Å². The van der Waals surface area contributed by atoms with Crippen molar-refractivity contribution in [3.63, 3.8) is 0 Å². The molecule has 108 valence electrons. The van der Waals surface area contributed by atoms with E-state index < -0.39 is 0 Å². The molecule has 2 nitrogen and oxygen atoms in total. The molecule has 1 rings (SSSR count). The van der Waals surface area contributed by atoms with Crippen molar-refractivity contribution in [2.24, 2.45) is 11.8 Å². The summed E-state index contributed by atoms with van der Waals surface area (Å²) in [6.07, 6.45) is 0. The molecule has 0 aliphatic carbocycles. The van der Waals surface area contributed by atoms with Crippen LogP contribution in [0.5, 0.6) is 11.5 Å². The van der Waals surface area contributed by atoms with Crippen LogP contribution in [0.15, 0.2) is 18.2 Å². The first-order chi connectivity index (χ1) is 9.01. The summed E-state index contributed by atoms with van der Waals surface area (Å²) in [5.74, 6) is 2.52. The highest BCUT2D eigenvalue weighted by molar-refractivity contribution is 6.21. The first-order valence-corrected chi connectivity index (χ1v) is 7.48.